The minimum Gasteiger partial charge on any atom is -0.351 e. The summed E-state index contributed by atoms with van der Waals surface area (Å²) < 4.78 is 30.5. The number of thiocarbonyl (C=S) groups is 1. The highest BCUT2D eigenvalue weighted by molar-refractivity contribution is 7.80. The maximum absolute atomic E-state index is 14.9. The fraction of sp³-hybridized carbons (Fsp3) is 0.154. The van der Waals surface area contributed by atoms with Gasteiger partial charge in [-0.05, 0) is 86.2 Å². The Morgan fingerprint density at radius 3 is 2.36 bits per heavy atom. The molecule has 0 unspecified atom stereocenters. The molecule has 1 saturated heterocycles. The Morgan fingerprint density at radius 2 is 1.67 bits per heavy atom. The van der Waals surface area contributed by atoms with Gasteiger partial charge < -0.3 is 14.8 Å². The van der Waals surface area contributed by atoms with Gasteiger partial charge in [0.15, 0.2) is 5.11 Å². The number of pyridine rings is 1. The van der Waals surface area contributed by atoms with E-state index in [0.29, 0.717) is 10.8 Å². The first-order valence-electron chi connectivity index (χ1n) is 10.7. The number of para-hydroxylation sites is 1. The first-order valence-corrected chi connectivity index (χ1v) is 11.1. The molecule has 3 heterocycles. The highest BCUT2D eigenvalue weighted by atomic mass is 32.1. The van der Waals surface area contributed by atoms with E-state index in [-0.39, 0.29) is 23.7 Å². The quantitative estimate of drug-likeness (QED) is 0.382. The Balaban J connectivity index is 1.69. The number of benzene rings is 2. The predicted molar refractivity (Wildman–Crippen MR) is 130 cm³/mol. The van der Waals surface area contributed by atoms with Gasteiger partial charge in [0.2, 0.25) is 0 Å². The van der Waals surface area contributed by atoms with E-state index in [4.69, 9.17) is 12.2 Å². The third-order valence-electron chi connectivity index (χ3n) is 6.08. The summed E-state index contributed by atoms with van der Waals surface area (Å²) >= 11 is 5.70. The second-order valence-corrected chi connectivity index (χ2v) is 8.47. The van der Waals surface area contributed by atoms with Crippen LogP contribution in [0.15, 0.2) is 79.0 Å². The molecule has 166 valence electrons. The molecular weight excluding hydrogens is 438 g/mol. The molecule has 4 nitrogen and oxygen atoms in total. The van der Waals surface area contributed by atoms with Crippen molar-refractivity contribution in [1.82, 2.24) is 14.9 Å². The van der Waals surface area contributed by atoms with Gasteiger partial charge in [0.05, 0.1) is 23.5 Å². The van der Waals surface area contributed by atoms with Gasteiger partial charge in [-0.2, -0.15) is 0 Å². The van der Waals surface area contributed by atoms with Crippen LogP contribution in [0.5, 0.6) is 0 Å². The third kappa shape index (κ3) is 3.68. The second kappa shape index (κ2) is 8.41. The van der Waals surface area contributed by atoms with E-state index in [9.17, 15) is 8.78 Å². The van der Waals surface area contributed by atoms with Crippen LogP contribution < -0.4 is 10.2 Å². The average Bonchev–Trinajstić information content (AvgIpc) is 3.31. The maximum atomic E-state index is 14.9. The van der Waals surface area contributed by atoms with E-state index < -0.39 is 0 Å². The van der Waals surface area contributed by atoms with Crippen molar-refractivity contribution in [2.75, 3.05) is 4.90 Å². The molecule has 0 bridgehead atoms. The lowest BCUT2D eigenvalue weighted by Crippen LogP contribution is -2.30. The minimum atomic E-state index is -0.347. The van der Waals surface area contributed by atoms with Gasteiger partial charge in [-0.3, -0.25) is 4.98 Å². The molecule has 0 spiro atoms. The number of rotatable bonds is 4. The molecule has 2 aromatic carbocycles. The van der Waals surface area contributed by atoms with Gasteiger partial charge in [-0.15, -0.1) is 0 Å². The van der Waals surface area contributed by atoms with Crippen LogP contribution in [0.25, 0.3) is 5.69 Å². The fourth-order valence-electron chi connectivity index (χ4n) is 4.65. The molecule has 2 aromatic heterocycles. The molecule has 1 aliphatic rings. The summed E-state index contributed by atoms with van der Waals surface area (Å²) in [6.07, 6.45) is 1.74. The van der Waals surface area contributed by atoms with E-state index >= 15 is 0 Å². The largest absolute Gasteiger partial charge is 0.351 e. The zero-order valence-electron chi connectivity index (χ0n) is 18.2. The van der Waals surface area contributed by atoms with Crippen LogP contribution in [-0.2, 0) is 0 Å². The number of aromatic nitrogens is 2. The standard InChI is InChI=1S/C26H22F2N4S/c1-16-15-20(17(2)31(16)19-12-10-18(27)11-13-19)25-24(22-8-5-6-14-29-22)30-26(33)32(25)23-9-4-3-7-21(23)28/h3-15,24-25H,1-2H3,(H,30,33)/t24-,25-/m1/s1. The van der Waals surface area contributed by atoms with Gasteiger partial charge >= 0.3 is 0 Å². The first kappa shape index (κ1) is 21.3. The van der Waals surface area contributed by atoms with Gasteiger partial charge in [0, 0.05) is 23.3 Å². The Morgan fingerprint density at radius 1 is 0.939 bits per heavy atom. The van der Waals surface area contributed by atoms with Crippen molar-refractivity contribution in [3.05, 3.63) is 113 Å². The molecule has 33 heavy (non-hydrogen) atoms. The highest BCUT2D eigenvalue weighted by Gasteiger charge is 2.43. The van der Waals surface area contributed by atoms with E-state index in [1.807, 2.05) is 36.9 Å². The zero-order chi connectivity index (χ0) is 23.1. The van der Waals surface area contributed by atoms with Crippen LogP contribution in [0.2, 0.25) is 0 Å². The summed E-state index contributed by atoms with van der Waals surface area (Å²) in [4.78, 5) is 6.39. The van der Waals surface area contributed by atoms with Crippen molar-refractivity contribution in [2.45, 2.75) is 25.9 Å². The minimum absolute atomic E-state index is 0.277. The van der Waals surface area contributed by atoms with E-state index in [1.165, 1.54) is 18.2 Å². The topological polar surface area (TPSA) is 33.1 Å². The lowest BCUT2D eigenvalue weighted by atomic mass is 9.96. The smallest absolute Gasteiger partial charge is 0.174 e. The molecule has 0 radical (unpaired) electrons. The number of anilines is 1. The van der Waals surface area contributed by atoms with Crippen LogP contribution >= 0.6 is 12.2 Å². The van der Waals surface area contributed by atoms with Crippen LogP contribution in [0.4, 0.5) is 14.5 Å². The summed E-state index contributed by atoms with van der Waals surface area (Å²) in [6.45, 7) is 4.02. The second-order valence-electron chi connectivity index (χ2n) is 8.09. The molecule has 7 heteroatoms. The van der Waals surface area contributed by atoms with Crippen LogP contribution in [-0.4, -0.2) is 14.7 Å². The van der Waals surface area contributed by atoms with Crippen molar-refractivity contribution >= 4 is 23.0 Å². The molecule has 0 saturated carbocycles. The molecule has 5 rings (SSSR count). The molecule has 1 N–H and O–H groups in total. The highest BCUT2D eigenvalue weighted by Crippen LogP contribution is 2.44. The Bertz CT molecular complexity index is 1320. The normalized spacial score (nSPS) is 17.9. The summed E-state index contributed by atoms with van der Waals surface area (Å²) in [7, 11) is 0. The predicted octanol–water partition coefficient (Wildman–Crippen LogP) is 5.94. The molecule has 4 aromatic rings. The van der Waals surface area contributed by atoms with Gasteiger partial charge in [-0.1, -0.05) is 18.2 Å². The van der Waals surface area contributed by atoms with Gasteiger partial charge in [-0.25, -0.2) is 8.78 Å². The molecular formula is C26H22F2N4S. The molecule has 0 aliphatic carbocycles. The summed E-state index contributed by atoms with van der Waals surface area (Å²) in [5, 5.41) is 3.80. The fourth-order valence-corrected chi connectivity index (χ4v) is 4.99. The molecule has 0 amide bonds. The number of halogens is 2. The van der Waals surface area contributed by atoms with Crippen LogP contribution in [0.3, 0.4) is 0 Å². The third-order valence-corrected chi connectivity index (χ3v) is 6.40. The van der Waals surface area contributed by atoms with Crippen LogP contribution in [0.1, 0.15) is 34.7 Å². The van der Waals surface area contributed by atoms with Crippen molar-refractivity contribution in [3.63, 3.8) is 0 Å². The Hall–Kier alpha value is -3.58. The lowest BCUT2D eigenvalue weighted by molar-refractivity contribution is 0.556. The van der Waals surface area contributed by atoms with Crippen molar-refractivity contribution in [1.29, 1.82) is 0 Å². The zero-order valence-corrected chi connectivity index (χ0v) is 19.0. The van der Waals surface area contributed by atoms with Crippen LogP contribution in [0, 0.1) is 25.5 Å². The molecule has 1 aliphatic heterocycles. The number of hydrogen-bond donors (Lipinski definition) is 1. The first-order chi connectivity index (χ1) is 16.0. The Labute approximate surface area is 196 Å². The number of hydrogen-bond acceptors (Lipinski definition) is 2. The monoisotopic (exact) mass is 460 g/mol. The van der Waals surface area contributed by atoms with Crippen molar-refractivity contribution < 1.29 is 8.78 Å². The van der Waals surface area contributed by atoms with Gasteiger partial charge in [0.1, 0.15) is 11.6 Å². The summed E-state index contributed by atoms with van der Waals surface area (Å²) in [5.74, 6) is -0.631. The lowest BCUT2D eigenvalue weighted by Gasteiger charge is -2.28. The number of nitrogens with one attached hydrogen (secondary N) is 1. The molecule has 2 atom stereocenters. The maximum Gasteiger partial charge on any atom is 0.174 e. The van der Waals surface area contributed by atoms with E-state index in [1.54, 1.807) is 36.5 Å². The Kier molecular flexibility index (Phi) is 5.42. The van der Waals surface area contributed by atoms with Crippen molar-refractivity contribution in [2.24, 2.45) is 0 Å². The summed E-state index contributed by atoms with van der Waals surface area (Å²) in [6, 6.07) is 20.2. The van der Waals surface area contributed by atoms with Gasteiger partial charge in [0.25, 0.3) is 0 Å². The summed E-state index contributed by atoms with van der Waals surface area (Å²) in [5.41, 5.74) is 5.03. The van der Waals surface area contributed by atoms with Crippen molar-refractivity contribution in [3.8, 4) is 5.69 Å². The number of aryl methyl sites for hydroxylation is 1. The van der Waals surface area contributed by atoms with E-state index in [2.05, 4.69) is 20.9 Å². The number of nitrogens with zero attached hydrogens (tertiary/aromatic N) is 3. The average molecular weight is 461 g/mol. The van der Waals surface area contributed by atoms with E-state index in [0.717, 1.165) is 28.3 Å². The SMILES string of the molecule is Cc1cc([C@@H]2[C@@H](c3ccccn3)NC(=S)N2c2ccccc2F)c(C)n1-c1ccc(F)cc1. The molecule has 1 fully saturated rings.